The minimum absolute atomic E-state index is 0.0133. The van der Waals surface area contributed by atoms with Crippen LogP contribution in [0, 0.1) is 0 Å². The number of benzene rings is 3. The molecule has 3 aromatic rings. The maximum absolute atomic E-state index is 13.7. The first-order chi connectivity index (χ1) is 17.5. The van der Waals surface area contributed by atoms with Crippen molar-refractivity contribution in [2.24, 2.45) is 0 Å². The van der Waals surface area contributed by atoms with Gasteiger partial charge in [0.05, 0.1) is 5.60 Å². The number of fused-ring (bicyclic) bond motifs is 1. The summed E-state index contributed by atoms with van der Waals surface area (Å²) in [4.78, 5) is 14.9. The molecule has 0 bridgehead atoms. The quantitative estimate of drug-likeness (QED) is 0.358. The lowest BCUT2D eigenvalue weighted by molar-refractivity contribution is -0.117. The van der Waals surface area contributed by atoms with Crippen molar-refractivity contribution < 1.29 is 9.90 Å². The molecule has 2 N–H and O–H groups in total. The summed E-state index contributed by atoms with van der Waals surface area (Å²) < 4.78 is 0. The fourth-order valence-corrected chi connectivity index (χ4v) is 6.32. The van der Waals surface area contributed by atoms with Gasteiger partial charge in [-0.3, -0.25) is 4.79 Å². The van der Waals surface area contributed by atoms with E-state index in [9.17, 15) is 9.90 Å². The van der Waals surface area contributed by atoms with Crippen LogP contribution in [-0.4, -0.2) is 29.3 Å². The summed E-state index contributed by atoms with van der Waals surface area (Å²) in [6, 6.07) is 24.5. The molecular weight excluding hydrogens is 486 g/mol. The van der Waals surface area contributed by atoms with E-state index in [2.05, 4.69) is 48.0 Å². The van der Waals surface area contributed by atoms with Gasteiger partial charge < -0.3 is 10.4 Å². The predicted molar refractivity (Wildman–Crippen MR) is 150 cm³/mol. The molecule has 5 heteroatoms. The van der Waals surface area contributed by atoms with Crippen molar-refractivity contribution in [1.29, 1.82) is 0 Å². The van der Waals surface area contributed by atoms with Gasteiger partial charge in [0.1, 0.15) is 0 Å². The largest absolute Gasteiger partial charge is 0.389 e. The summed E-state index contributed by atoms with van der Waals surface area (Å²) in [5, 5.41) is 16.6. The lowest BCUT2D eigenvalue weighted by Gasteiger charge is -2.44. The smallest absolute Gasteiger partial charge is 0.159 e. The van der Waals surface area contributed by atoms with E-state index in [0.29, 0.717) is 36.4 Å². The highest BCUT2D eigenvalue weighted by Gasteiger charge is 2.45. The van der Waals surface area contributed by atoms with Crippen molar-refractivity contribution in [3.63, 3.8) is 0 Å². The van der Waals surface area contributed by atoms with Gasteiger partial charge in [-0.25, -0.2) is 0 Å². The zero-order chi connectivity index (χ0) is 25.1. The Morgan fingerprint density at radius 2 is 1.83 bits per heavy atom. The van der Waals surface area contributed by atoms with Crippen LogP contribution in [0.5, 0.6) is 0 Å². The SMILES string of the molecule is CSc1ccc2c(c1)C=C(C(c1ccc(Cl)cc1)C1(O)CCNC(c3ccccc3)C1)C(=O)CCC2. The van der Waals surface area contributed by atoms with Crippen LogP contribution >= 0.6 is 23.4 Å². The molecular formula is C31H32ClNO2S. The van der Waals surface area contributed by atoms with Crippen LogP contribution in [-0.2, 0) is 11.2 Å². The summed E-state index contributed by atoms with van der Waals surface area (Å²) in [5.74, 6) is -0.321. The standard InChI is InChI=1S/C31H32ClNO2S/c1-36-26-15-12-21-8-5-9-29(34)27(19-24(21)18-26)30(23-10-13-25(32)14-11-23)31(35)16-17-33-28(20-31)22-6-3-2-4-7-22/h2-4,6-7,10-15,18-19,28,30,33,35H,5,8-9,16-17,20H2,1H3. The van der Waals surface area contributed by atoms with Gasteiger partial charge in [-0.05, 0) is 91.1 Å². The van der Waals surface area contributed by atoms with Crippen LogP contribution in [0.4, 0.5) is 0 Å². The number of aliphatic hydroxyl groups is 1. The first-order valence-electron chi connectivity index (χ1n) is 12.6. The normalized spacial score (nSPS) is 23.2. The lowest BCUT2D eigenvalue weighted by atomic mass is 9.68. The van der Waals surface area contributed by atoms with Crippen molar-refractivity contribution in [1.82, 2.24) is 5.32 Å². The number of Topliss-reactive ketones (excluding diaryl/α,β-unsaturated/α-hetero) is 1. The number of halogens is 1. The Bertz CT molecular complexity index is 1260. The van der Waals surface area contributed by atoms with E-state index in [1.54, 1.807) is 11.8 Å². The van der Waals surface area contributed by atoms with Crippen molar-refractivity contribution in [2.75, 3.05) is 12.8 Å². The lowest BCUT2D eigenvalue weighted by Crippen LogP contribution is -2.48. The highest BCUT2D eigenvalue weighted by Crippen LogP contribution is 2.46. The van der Waals surface area contributed by atoms with Gasteiger partial charge in [0.2, 0.25) is 0 Å². The molecule has 3 atom stereocenters. The number of ketones is 1. The molecule has 0 aromatic heterocycles. The molecule has 1 aliphatic carbocycles. The van der Waals surface area contributed by atoms with E-state index in [1.165, 1.54) is 10.5 Å². The number of piperidine rings is 1. The van der Waals surface area contributed by atoms with Gasteiger partial charge >= 0.3 is 0 Å². The third-order valence-electron chi connectivity index (χ3n) is 7.60. The van der Waals surface area contributed by atoms with Gasteiger partial charge in [-0.2, -0.15) is 0 Å². The molecule has 1 aliphatic heterocycles. The third-order valence-corrected chi connectivity index (χ3v) is 8.57. The summed E-state index contributed by atoms with van der Waals surface area (Å²) in [5.41, 5.74) is 4.04. The Morgan fingerprint density at radius 3 is 2.58 bits per heavy atom. The fourth-order valence-electron chi connectivity index (χ4n) is 5.75. The zero-order valence-electron chi connectivity index (χ0n) is 20.5. The number of aryl methyl sites for hydroxylation is 1. The molecule has 0 saturated carbocycles. The summed E-state index contributed by atoms with van der Waals surface area (Å²) in [6.45, 7) is 0.675. The van der Waals surface area contributed by atoms with E-state index in [4.69, 9.17) is 11.6 Å². The molecule has 0 radical (unpaired) electrons. The maximum atomic E-state index is 13.7. The van der Waals surface area contributed by atoms with Crippen LogP contribution in [0.25, 0.3) is 6.08 Å². The Kier molecular flexibility index (Phi) is 7.68. The number of hydrogen-bond acceptors (Lipinski definition) is 4. The average molecular weight is 518 g/mol. The Balaban J connectivity index is 1.64. The molecule has 1 fully saturated rings. The topological polar surface area (TPSA) is 49.3 Å². The fraction of sp³-hybridized carbons (Fsp3) is 0.323. The van der Waals surface area contributed by atoms with Crippen molar-refractivity contribution in [3.8, 4) is 0 Å². The molecule has 0 spiro atoms. The van der Waals surface area contributed by atoms with E-state index >= 15 is 0 Å². The van der Waals surface area contributed by atoms with Gasteiger partial charge in [-0.15, -0.1) is 11.8 Å². The zero-order valence-corrected chi connectivity index (χ0v) is 22.1. The van der Waals surface area contributed by atoms with Crippen LogP contribution in [0.3, 0.4) is 0 Å². The molecule has 36 heavy (non-hydrogen) atoms. The second kappa shape index (κ2) is 10.9. The summed E-state index contributed by atoms with van der Waals surface area (Å²) >= 11 is 7.95. The highest BCUT2D eigenvalue weighted by atomic mass is 35.5. The number of thioether (sulfide) groups is 1. The Labute approximate surface area is 223 Å². The molecule has 3 aromatic carbocycles. The van der Waals surface area contributed by atoms with E-state index in [1.807, 2.05) is 42.5 Å². The van der Waals surface area contributed by atoms with Crippen LogP contribution < -0.4 is 5.32 Å². The number of rotatable bonds is 5. The monoisotopic (exact) mass is 517 g/mol. The van der Waals surface area contributed by atoms with Crippen LogP contribution in [0.15, 0.2) is 83.3 Å². The van der Waals surface area contributed by atoms with Crippen molar-refractivity contribution >= 4 is 35.2 Å². The van der Waals surface area contributed by atoms with E-state index < -0.39 is 11.5 Å². The van der Waals surface area contributed by atoms with Crippen LogP contribution in [0.2, 0.25) is 5.02 Å². The third kappa shape index (κ3) is 5.33. The highest BCUT2D eigenvalue weighted by molar-refractivity contribution is 7.98. The summed E-state index contributed by atoms with van der Waals surface area (Å²) in [7, 11) is 0. The Hall–Kier alpha value is -2.37. The summed E-state index contributed by atoms with van der Waals surface area (Å²) in [6.07, 6.45) is 7.39. The van der Waals surface area contributed by atoms with Crippen molar-refractivity contribution in [2.45, 2.75) is 54.6 Å². The first-order valence-corrected chi connectivity index (χ1v) is 14.2. The average Bonchev–Trinajstić information content (AvgIpc) is 2.89. The van der Waals surface area contributed by atoms with Gasteiger partial charge in [0.15, 0.2) is 5.78 Å². The van der Waals surface area contributed by atoms with Gasteiger partial charge in [0, 0.05) is 33.9 Å². The molecule has 0 amide bonds. The second-order valence-corrected chi connectivity index (χ2v) is 11.2. The minimum Gasteiger partial charge on any atom is -0.389 e. The number of carbonyl (C=O) groups is 1. The van der Waals surface area contributed by atoms with E-state index in [0.717, 1.165) is 29.5 Å². The second-order valence-electron chi connectivity index (χ2n) is 9.90. The first kappa shape index (κ1) is 25.3. The Morgan fingerprint density at radius 1 is 1.06 bits per heavy atom. The number of nitrogens with one attached hydrogen (secondary N) is 1. The van der Waals surface area contributed by atoms with E-state index in [-0.39, 0.29) is 11.8 Å². The molecule has 1 heterocycles. The van der Waals surface area contributed by atoms with Gasteiger partial charge in [-0.1, -0.05) is 60.1 Å². The molecule has 186 valence electrons. The molecule has 3 unspecified atom stereocenters. The van der Waals surface area contributed by atoms with Crippen molar-refractivity contribution in [3.05, 3.63) is 106 Å². The molecule has 1 saturated heterocycles. The molecule has 5 rings (SSSR count). The van der Waals surface area contributed by atoms with Crippen LogP contribution in [0.1, 0.15) is 59.9 Å². The molecule has 2 aliphatic rings. The minimum atomic E-state index is -1.09. The predicted octanol–water partition coefficient (Wildman–Crippen LogP) is 6.99. The number of carbonyl (C=O) groups excluding carboxylic acids is 1. The maximum Gasteiger partial charge on any atom is 0.159 e. The van der Waals surface area contributed by atoms with Gasteiger partial charge in [0.25, 0.3) is 0 Å². The molecule has 3 nitrogen and oxygen atoms in total. The number of hydrogen-bond donors (Lipinski definition) is 2.